The van der Waals surface area contributed by atoms with Gasteiger partial charge in [-0.1, -0.05) is 152 Å². The molecule has 10 rings (SSSR count). The number of fused-ring (bicyclic) bond motifs is 9. The van der Waals surface area contributed by atoms with Crippen molar-refractivity contribution in [2.75, 3.05) is 0 Å². The van der Waals surface area contributed by atoms with Crippen LogP contribution in [0.5, 0.6) is 0 Å². The Hall–Kier alpha value is -6.58. The number of para-hydroxylation sites is 2. The quantitative estimate of drug-likeness (QED) is 0.183. The number of rotatable bonds is 4. The fourth-order valence-corrected chi connectivity index (χ4v) is 7.55. The van der Waals surface area contributed by atoms with Gasteiger partial charge in [-0.3, -0.25) is 0 Å². The van der Waals surface area contributed by atoms with Crippen LogP contribution in [0, 0.1) is 0 Å². The van der Waals surface area contributed by atoms with Gasteiger partial charge >= 0.3 is 0 Å². The summed E-state index contributed by atoms with van der Waals surface area (Å²) >= 11 is 0. The standard InChI is InChI=1S/C46H29N3/c1-3-14-30(15-4-1)43-39-27-26-33(29-42(39)49-41-25-12-10-21-36(41)35-20-7-8-22-37(35)45(43)49)32-18-13-19-34(28-32)46-47-40-24-11-9-23-38(40)44(48-46)31-16-5-2-6-17-31/h1-29H. The minimum atomic E-state index is 0.720. The van der Waals surface area contributed by atoms with Crippen LogP contribution in [0.15, 0.2) is 176 Å². The third-order valence-electron chi connectivity index (χ3n) is 9.75. The van der Waals surface area contributed by atoms with Crippen LogP contribution in [-0.2, 0) is 0 Å². The third kappa shape index (κ3) is 4.37. The molecule has 49 heavy (non-hydrogen) atoms. The van der Waals surface area contributed by atoms with Crippen molar-refractivity contribution in [2.45, 2.75) is 0 Å². The summed E-state index contributed by atoms with van der Waals surface area (Å²) in [5, 5.41) is 6.05. The maximum atomic E-state index is 5.15. The van der Waals surface area contributed by atoms with Crippen LogP contribution in [0.2, 0.25) is 0 Å². The molecule has 228 valence electrons. The Morgan fingerprint density at radius 2 is 0.959 bits per heavy atom. The van der Waals surface area contributed by atoms with Crippen LogP contribution in [0.25, 0.3) is 93.9 Å². The smallest absolute Gasteiger partial charge is 0.160 e. The number of aromatic nitrogens is 3. The Morgan fingerprint density at radius 3 is 1.78 bits per heavy atom. The molecule has 0 aliphatic heterocycles. The van der Waals surface area contributed by atoms with Crippen molar-refractivity contribution in [3.63, 3.8) is 0 Å². The zero-order chi connectivity index (χ0) is 32.3. The molecule has 0 radical (unpaired) electrons. The van der Waals surface area contributed by atoms with Crippen LogP contribution in [-0.4, -0.2) is 14.4 Å². The minimum absolute atomic E-state index is 0.720. The molecule has 0 bridgehead atoms. The first-order valence-electron chi connectivity index (χ1n) is 16.7. The second-order valence-electron chi connectivity index (χ2n) is 12.6. The molecule has 10 aromatic rings. The molecule has 0 saturated carbocycles. The molecule has 3 aromatic heterocycles. The van der Waals surface area contributed by atoms with Gasteiger partial charge in [0, 0.05) is 38.2 Å². The van der Waals surface area contributed by atoms with Crippen LogP contribution in [0.1, 0.15) is 0 Å². The number of benzene rings is 7. The average Bonchev–Trinajstić information content (AvgIpc) is 3.53. The Kier molecular flexibility index (Phi) is 6.18. The lowest BCUT2D eigenvalue weighted by Gasteiger charge is -2.12. The van der Waals surface area contributed by atoms with E-state index in [0.29, 0.717) is 0 Å². The molecule has 0 unspecified atom stereocenters. The fraction of sp³-hybridized carbons (Fsp3) is 0. The Bertz CT molecular complexity index is 2870. The van der Waals surface area contributed by atoms with E-state index in [9.17, 15) is 0 Å². The number of hydrogen-bond donors (Lipinski definition) is 0. The van der Waals surface area contributed by atoms with Crippen LogP contribution >= 0.6 is 0 Å². The van der Waals surface area contributed by atoms with Gasteiger partial charge in [0.25, 0.3) is 0 Å². The second kappa shape index (κ2) is 11.0. The molecule has 7 aromatic carbocycles. The molecule has 0 amide bonds. The van der Waals surface area contributed by atoms with E-state index in [1.807, 2.05) is 12.1 Å². The molecule has 0 saturated heterocycles. The number of pyridine rings is 1. The molecule has 0 atom stereocenters. The molecule has 3 nitrogen and oxygen atoms in total. The van der Waals surface area contributed by atoms with Crippen molar-refractivity contribution >= 4 is 49.0 Å². The molecule has 3 heterocycles. The lowest BCUT2D eigenvalue weighted by molar-refractivity contribution is 1.23. The van der Waals surface area contributed by atoms with Gasteiger partial charge in [-0.15, -0.1) is 0 Å². The summed E-state index contributed by atoms with van der Waals surface area (Å²) in [7, 11) is 0. The molecular weight excluding hydrogens is 595 g/mol. The predicted octanol–water partition coefficient (Wildman–Crippen LogP) is 12.0. The molecule has 0 N–H and O–H groups in total. The molecule has 0 spiro atoms. The lowest BCUT2D eigenvalue weighted by Crippen LogP contribution is -1.95. The maximum absolute atomic E-state index is 5.15. The van der Waals surface area contributed by atoms with Crippen LogP contribution < -0.4 is 0 Å². The van der Waals surface area contributed by atoms with Crippen molar-refractivity contribution in [1.29, 1.82) is 0 Å². The Labute approximate surface area is 283 Å². The van der Waals surface area contributed by atoms with Gasteiger partial charge in [0.1, 0.15) is 0 Å². The zero-order valence-electron chi connectivity index (χ0n) is 26.6. The highest BCUT2D eigenvalue weighted by molar-refractivity contribution is 6.22. The summed E-state index contributed by atoms with van der Waals surface area (Å²) in [6.45, 7) is 0. The van der Waals surface area contributed by atoms with Crippen LogP contribution in [0.3, 0.4) is 0 Å². The fourth-order valence-electron chi connectivity index (χ4n) is 7.55. The van der Waals surface area contributed by atoms with Gasteiger partial charge in [0.2, 0.25) is 0 Å². The van der Waals surface area contributed by atoms with Gasteiger partial charge in [-0.2, -0.15) is 0 Å². The highest BCUT2D eigenvalue weighted by Crippen LogP contribution is 2.43. The summed E-state index contributed by atoms with van der Waals surface area (Å²) in [6.07, 6.45) is 0. The van der Waals surface area contributed by atoms with E-state index in [-0.39, 0.29) is 0 Å². The molecule has 3 heteroatoms. The van der Waals surface area contributed by atoms with E-state index in [2.05, 4.69) is 168 Å². The highest BCUT2D eigenvalue weighted by Gasteiger charge is 2.20. The second-order valence-corrected chi connectivity index (χ2v) is 12.6. The maximum Gasteiger partial charge on any atom is 0.160 e. The minimum Gasteiger partial charge on any atom is -0.308 e. The first-order valence-corrected chi connectivity index (χ1v) is 16.7. The van der Waals surface area contributed by atoms with Gasteiger partial charge in [-0.05, 0) is 46.3 Å². The first kappa shape index (κ1) is 27.5. The molecular formula is C46H29N3. The largest absolute Gasteiger partial charge is 0.308 e. The van der Waals surface area contributed by atoms with E-state index in [4.69, 9.17) is 9.97 Å². The normalized spacial score (nSPS) is 11.7. The number of nitrogens with zero attached hydrogens (tertiary/aromatic N) is 3. The Balaban J connectivity index is 1.22. The summed E-state index contributed by atoms with van der Waals surface area (Å²) in [5.74, 6) is 0.720. The molecule has 0 aliphatic rings. The average molecular weight is 624 g/mol. The van der Waals surface area contributed by atoms with Crippen LogP contribution in [0.4, 0.5) is 0 Å². The van der Waals surface area contributed by atoms with E-state index >= 15 is 0 Å². The SMILES string of the molecule is c1ccc(-c2nc(-c3cccc(-c4ccc5c(-c6ccccc6)c6c7ccccc7c7ccccc7n6c5c4)c3)nc3ccccc23)cc1. The van der Waals surface area contributed by atoms with Crippen molar-refractivity contribution in [3.05, 3.63) is 176 Å². The van der Waals surface area contributed by atoms with Crippen molar-refractivity contribution < 1.29 is 0 Å². The van der Waals surface area contributed by atoms with E-state index < -0.39 is 0 Å². The summed E-state index contributed by atoms with van der Waals surface area (Å²) in [4.78, 5) is 10.2. The van der Waals surface area contributed by atoms with E-state index in [1.54, 1.807) is 0 Å². The van der Waals surface area contributed by atoms with E-state index in [0.717, 1.165) is 44.7 Å². The first-order chi connectivity index (χ1) is 24.3. The molecule has 0 fully saturated rings. The van der Waals surface area contributed by atoms with Gasteiger partial charge in [-0.25, -0.2) is 9.97 Å². The molecule has 0 aliphatic carbocycles. The lowest BCUT2D eigenvalue weighted by atomic mass is 9.97. The summed E-state index contributed by atoms with van der Waals surface area (Å²) in [5.41, 5.74) is 12.3. The summed E-state index contributed by atoms with van der Waals surface area (Å²) < 4.78 is 2.47. The highest BCUT2D eigenvalue weighted by atomic mass is 14.9. The van der Waals surface area contributed by atoms with E-state index in [1.165, 1.54) is 49.2 Å². The van der Waals surface area contributed by atoms with Crippen molar-refractivity contribution in [2.24, 2.45) is 0 Å². The summed E-state index contributed by atoms with van der Waals surface area (Å²) in [6, 6.07) is 62.6. The third-order valence-corrected chi connectivity index (χ3v) is 9.75. The number of hydrogen-bond acceptors (Lipinski definition) is 2. The topological polar surface area (TPSA) is 30.2 Å². The van der Waals surface area contributed by atoms with Crippen molar-refractivity contribution in [1.82, 2.24) is 14.4 Å². The zero-order valence-corrected chi connectivity index (χ0v) is 26.6. The Morgan fingerprint density at radius 1 is 0.347 bits per heavy atom. The van der Waals surface area contributed by atoms with Gasteiger partial charge in [0.05, 0.1) is 27.8 Å². The van der Waals surface area contributed by atoms with Gasteiger partial charge < -0.3 is 4.40 Å². The predicted molar refractivity (Wildman–Crippen MR) is 205 cm³/mol. The van der Waals surface area contributed by atoms with Crippen molar-refractivity contribution in [3.8, 4) is 44.9 Å². The monoisotopic (exact) mass is 623 g/mol. The van der Waals surface area contributed by atoms with Gasteiger partial charge in [0.15, 0.2) is 5.82 Å².